The third-order valence-electron chi connectivity index (χ3n) is 3.69. The van der Waals surface area contributed by atoms with Crippen molar-refractivity contribution in [1.29, 1.82) is 0 Å². The molecule has 1 aromatic carbocycles. The van der Waals surface area contributed by atoms with E-state index in [2.05, 4.69) is 5.32 Å². The smallest absolute Gasteiger partial charge is 0.312 e. The van der Waals surface area contributed by atoms with Crippen LogP contribution in [0.5, 0.6) is 0 Å². The molecule has 0 aliphatic heterocycles. The Kier molecular flexibility index (Phi) is 3.85. The zero-order valence-electron chi connectivity index (χ0n) is 10.6. The van der Waals surface area contributed by atoms with Crippen LogP contribution >= 0.6 is 0 Å². The Morgan fingerprint density at radius 1 is 1.32 bits per heavy atom. The molecule has 1 saturated carbocycles. The monoisotopic (exact) mass is 262 g/mol. The number of carbonyl (C=O) groups excluding carboxylic acids is 1. The Bertz CT molecular complexity index is 469. The summed E-state index contributed by atoms with van der Waals surface area (Å²) in [5.74, 6) is -1.79. The molecule has 0 radical (unpaired) electrons. The molecule has 1 fully saturated rings. The Hall–Kier alpha value is -1.88. The maximum atomic E-state index is 11.9. The quantitative estimate of drug-likeness (QED) is 0.704. The van der Waals surface area contributed by atoms with Gasteiger partial charge >= 0.3 is 5.97 Å². The first kappa shape index (κ1) is 13.5. The van der Waals surface area contributed by atoms with E-state index in [1.807, 2.05) is 6.07 Å². The summed E-state index contributed by atoms with van der Waals surface area (Å²) < 4.78 is 0. The summed E-state index contributed by atoms with van der Waals surface area (Å²) in [7, 11) is 0. The van der Waals surface area contributed by atoms with Gasteiger partial charge in [-0.2, -0.15) is 0 Å². The van der Waals surface area contributed by atoms with Gasteiger partial charge < -0.3 is 16.2 Å². The second-order valence-electron chi connectivity index (χ2n) is 5.00. The number of hydrogen-bond acceptors (Lipinski definition) is 3. The number of hydrogen-bond donors (Lipinski definition) is 3. The summed E-state index contributed by atoms with van der Waals surface area (Å²) in [6, 6.07) is 8.90. The molecule has 0 heterocycles. The second kappa shape index (κ2) is 5.40. The van der Waals surface area contributed by atoms with E-state index in [0.717, 1.165) is 12.8 Å². The number of rotatable bonds is 6. The molecule has 0 bridgehead atoms. The van der Waals surface area contributed by atoms with Gasteiger partial charge in [0.1, 0.15) is 0 Å². The lowest BCUT2D eigenvalue weighted by molar-refractivity contribution is -0.138. The molecule has 19 heavy (non-hydrogen) atoms. The van der Waals surface area contributed by atoms with Crippen LogP contribution in [-0.4, -0.2) is 30.1 Å². The van der Waals surface area contributed by atoms with E-state index in [0.29, 0.717) is 12.1 Å². The fourth-order valence-electron chi connectivity index (χ4n) is 2.09. The van der Waals surface area contributed by atoms with Gasteiger partial charge in [0.05, 0.1) is 11.3 Å². The predicted molar refractivity (Wildman–Crippen MR) is 70.5 cm³/mol. The molecule has 0 spiro atoms. The highest BCUT2D eigenvalue weighted by atomic mass is 16.4. The average molecular weight is 262 g/mol. The molecule has 2 rings (SSSR count). The van der Waals surface area contributed by atoms with E-state index in [4.69, 9.17) is 5.73 Å². The van der Waals surface area contributed by atoms with Crippen LogP contribution in [0.3, 0.4) is 0 Å². The molecule has 0 aromatic heterocycles. The van der Waals surface area contributed by atoms with E-state index in [9.17, 15) is 14.7 Å². The lowest BCUT2D eigenvalue weighted by atomic mass is 9.98. The van der Waals surface area contributed by atoms with Crippen molar-refractivity contribution >= 4 is 11.9 Å². The number of carboxylic acid groups (broad SMARTS) is 1. The van der Waals surface area contributed by atoms with Crippen LogP contribution in [0.15, 0.2) is 30.3 Å². The maximum absolute atomic E-state index is 11.9. The number of nitrogens with one attached hydrogen (secondary N) is 1. The molecule has 5 nitrogen and oxygen atoms in total. The summed E-state index contributed by atoms with van der Waals surface area (Å²) in [5.41, 5.74) is 5.81. The van der Waals surface area contributed by atoms with Gasteiger partial charge in [-0.05, 0) is 18.4 Å². The van der Waals surface area contributed by atoms with Crippen LogP contribution in [0, 0.1) is 5.41 Å². The number of benzene rings is 1. The predicted octanol–water partition coefficient (Wildman–Crippen LogP) is 0.710. The summed E-state index contributed by atoms with van der Waals surface area (Å²) in [5, 5.41) is 12.0. The van der Waals surface area contributed by atoms with Crippen LogP contribution < -0.4 is 11.1 Å². The van der Waals surface area contributed by atoms with Crippen LogP contribution in [0.2, 0.25) is 0 Å². The highest BCUT2D eigenvalue weighted by Crippen LogP contribution is 2.44. The van der Waals surface area contributed by atoms with Crippen molar-refractivity contribution in [2.24, 2.45) is 11.1 Å². The first-order valence-electron chi connectivity index (χ1n) is 6.35. The van der Waals surface area contributed by atoms with Gasteiger partial charge in [-0.1, -0.05) is 30.3 Å². The third-order valence-corrected chi connectivity index (χ3v) is 3.69. The number of carbonyl (C=O) groups is 2. The molecular weight excluding hydrogens is 244 g/mol. The zero-order valence-corrected chi connectivity index (χ0v) is 10.6. The van der Waals surface area contributed by atoms with Crippen LogP contribution in [0.1, 0.15) is 24.3 Å². The fraction of sp³-hybridized carbons (Fsp3) is 0.429. The van der Waals surface area contributed by atoms with Gasteiger partial charge in [0, 0.05) is 13.1 Å². The molecule has 1 amide bonds. The van der Waals surface area contributed by atoms with Crippen molar-refractivity contribution in [2.45, 2.75) is 18.8 Å². The highest BCUT2D eigenvalue weighted by molar-refractivity contribution is 5.86. The van der Waals surface area contributed by atoms with E-state index >= 15 is 0 Å². The average Bonchev–Trinajstić information content (AvgIpc) is 3.20. The first-order valence-corrected chi connectivity index (χ1v) is 6.35. The molecule has 1 unspecified atom stereocenters. The minimum atomic E-state index is -0.941. The molecule has 0 saturated heterocycles. The molecule has 4 N–H and O–H groups in total. The van der Waals surface area contributed by atoms with Crippen molar-refractivity contribution in [1.82, 2.24) is 5.32 Å². The molecular formula is C14H18N2O3. The summed E-state index contributed by atoms with van der Waals surface area (Å²) in [6.07, 6.45) is 1.58. The molecule has 1 aromatic rings. The van der Waals surface area contributed by atoms with E-state index in [1.165, 1.54) is 0 Å². The van der Waals surface area contributed by atoms with E-state index in [1.54, 1.807) is 24.3 Å². The number of amides is 1. The SMILES string of the molecule is NCC1(C(=O)NCC(C(=O)O)c2ccccc2)CC1. The van der Waals surface area contributed by atoms with Gasteiger partial charge in [0.15, 0.2) is 0 Å². The number of aliphatic carboxylic acids is 1. The zero-order chi connectivity index (χ0) is 13.9. The lowest BCUT2D eigenvalue weighted by Crippen LogP contribution is -2.39. The van der Waals surface area contributed by atoms with Crippen molar-refractivity contribution in [2.75, 3.05) is 13.1 Å². The van der Waals surface area contributed by atoms with Crippen molar-refractivity contribution in [3.8, 4) is 0 Å². The van der Waals surface area contributed by atoms with Crippen molar-refractivity contribution in [3.63, 3.8) is 0 Å². The van der Waals surface area contributed by atoms with E-state index in [-0.39, 0.29) is 12.5 Å². The standard InChI is InChI=1S/C14H18N2O3/c15-9-14(6-7-14)13(19)16-8-11(12(17)18)10-4-2-1-3-5-10/h1-5,11H,6-9,15H2,(H,16,19)(H,17,18). The summed E-state index contributed by atoms with van der Waals surface area (Å²) in [6.45, 7) is 0.418. The highest BCUT2D eigenvalue weighted by Gasteiger charge is 2.48. The topological polar surface area (TPSA) is 92.4 Å². The van der Waals surface area contributed by atoms with Gasteiger partial charge in [-0.15, -0.1) is 0 Å². The molecule has 1 aliphatic rings. The van der Waals surface area contributed by atoms with Gasteiger partial charge in [0.2, 0.25) is 5.91 Å². The third kappa shape index (κ3) is 2.93. The van der Waals surface area contributed by atoms with Crippen LogP contribution in [0.4, 0.5) is 0 Å². The minimum Gasteiger partial charge on any atom is -0.481 e. The fourth-order valence-corrected chi connectivity index (χ4v) is 2.09. The molecule has 102 valence electrons. The Balaban J connectivity index is 1.99. The first-order chi connectivity index (χ1) is 9.09. The minimum absolute atomic E-state index is 0.0972. The van der Waals surface area contributed by atoms with Crippen LogP contribution in [0.25, 0.3) is 0 Å². The van der Waals surface area contributed by atoms with Crippen molar-refractivity contribution < 1.29 is 14.7 Å². The molecule has 1 aliphatic carbocycles. The van der Waals surface area contributed by atoms with Crippen LogP contribution in [-0.2, 0) is 9.59 Å². The summed E-state index contributed by atoms with van der Waals surface area (Å²) >= 11 is 0. The van der Waals surface area contributed by atoms with Gasteiger partial charge in [0.25, 0.3) is 0 Å². The van der Waals surface area contributed by atoms with Crippen molar-refractivity contribution in [3.05, 3.63) is 35.9 Å². The second-order valence-corrected chi connectivity index (χ2v) is 5.00. The lowest BCUT2D eigenvalue weighted by Gasteiger charge is -2.17. The molecule has 1 atom stereocenters. The Morgan fingerprint density at radius 2 is 1.95 bits per heavy atom. The normalized spacial score (nSPS) is 17.5. The Labute approximate surface area is 111 Å². The van der Waals surface area contributed by atoms with E-state index < -0.39 is 17.3 Å². The number of nitrogens with two attached hydrogens (primary N) is 1. The molecule has 5 heteroatoms. The van der Waals surface area contributed by atoms with Gasteiger partial charge in [-0.3, -0.25) is 9.59 Å². The maximum Gasteiger partial charge on any atom is 0.312 e. The number of carboxylic acids is 1. The van der Waals surface area contributed by atoms with Gasteiger partial charge in [-0.25, -0.2) is 0 Å². The largest absolute Gasteiger partial charge is 0.481 e. The Morgan fingerprint density at radius 3 is 2.42 bits per heavy atom. The summed E-state index contributed by atoms with van der Waals surface area (Å²) in [4.78, 5) is 23.2.